The first-order valence-electron chi connectivity index (χ1n) is 12.9. The van der Waals surface area contributed by atoms with Gasteiger partial charge in [-0.3, -0.25) is 4.79 Å². The molecule has 2 aromatic rings. The number of alkyl halides is 1. The van der Waals surface area contributed by atoms with E-state index in [1.807, 2.05) is 24.3 Å². The second-order valence-electron chi connectivity index (χ2n) is 10.1. The van der Waals surface area contributed by atoms with E-state index in [1.165, 1.54) is 4.90 Å². The molecule has 2 saturated heterocycles. The molecule has 0 saturated carbocycles. The molecule has 2 unspecified atom stereocenters. The minimum atomic E-state index is -0.926. The number of rotatable bonds is 10. The molecule has 2 atom stereocenters. The fraction of sp³-hybridized carbons (Fsp3) is 0.654. The van der Waals surface area contributed by atoms with Crippen LogP contribution in [0.1, 0.15) is 63.3 Å². The van der Waals surface area contributed by atoms with E-state index in [0.717, 1.165) is 55.9 Å². The Balaban J connectivity index is 1.12. The van der Waals surface area contributed by atoms with Crippen molar-refractivity contribution in [2.75, 3.05) is 37.7 Å². The first-order chi connectivity index (χ1) is 16.9. The second-order valence-corrected chi connectivity index (χ2v) is 10.1. The van der Waals surface area contributed by atoms with Crippen molar-refractivity contribution in [2.45, 2.75) is 70.5 Å². The Kier molecular flexibility index (Phi) is 8.59. The lowest BCUT2D eigenvalue weighted by Crippen LogP contribution is -2.44. The van der Waals surface area contributed by atoms with Crippen LogP contribution in [0.25, 0.3) is 0 Å². The standard InChI is InChI=1S/C26H38FN5O3/c1-18(2)24-29-26(35-30-24)31-12-9-19(10-13-31)4-3-15-34-22-7-5-20(6-8-22)16-23(28)25(33)32-14-11-21(27)17-32/h5-8,18-19,21,23H,3-4,9-17,28H2,1-2H3. The largest absolute Gasteiger partial charge is 0.494 e. The lowest BCUT2D eigenvalue weighted by Gasteiger charge is -2.30. The number of hydrogen-bond donors (Lipinski definition) is 1. The fourth-order valence-corrected chi connectivity index (χ4v) is 4.78. The molecule has 1 aromatic heterocycles. The molecule has 9 heteroatoms. The molecule has 192 valence electrons. The number of ether oxygens (including phenoxy) is 1. The van der Waals surface area contributed by atoms with E-state index < -0.39 is 12.2 Å². The van der Waals surface area contributed by atoms with Crippen LogP contribution in [0, 0.1) is 5.92 Å². The van der Waals surface area contributed by atoms with Gasteiger partial charge in [-0.2, -0.15) is 4.98 Å². The van der Waals surface area contributed by atoms with Gasteiger partial charge in [0.1, 0.15) is 11.9 Å². The third-order valence-electron chi connectivity index (χ3n) is 7.00. The summed E-state index contributed by atoms with van der Waals surface area (Å²) >= 11 is 0. The van der Waals surface area contributed by atoms with Gasteiger partial charge in [0, 0.05) is 25.6 Å². The van der Waals surface area contributed by atoms with Crippen LogP contribution < -0.4 is 15.4 Å². The molecule has 2 aliphatic rings. The van der Waals surface area contributed by atoms with E-state index >= 15 is 0 Å². The number of nitrogens with zero attached hydrogens (tertiary/aromatic N) is 4. The Labute approximate surface area is 207 Å². The predicted octanol–water partition coefficient (Wildman–Crippen LogP) is 3.71. The maximum absolute atomic E-state index is 13.3. The Bertz CT molecular complexity index is 943. The van der Waals surface area contributed by atoms with E-state index in [1.54, 1.807) is 0 Å². The molecular weight excluding hydrogens is 449 g/mol. The molecule has 1 amide bonds. The molecule has 8 nitrogen and oxygen atoms in total. The first-order valence-corrected chi connectivity index (χ1v) is 12.9. The summed E-state index contributed by atoms with van der Waals surface area (Å²) < 4.78 is 24.7. The van der Waals surface area contributed by atoms with Gasteiger partial charge in [0.25, 0.3) is 0 Å². The average Bonchev–Trinajstić information content (AvgIpc) is 3.52. The van der Waals surface area contributed by atoms with Gasteiger partial charge in [-0.1, -0.05) is 31.1 Å². The van der Waals surface area contributed by atoms with Gasteiger partial charge in [-0.25, -0.2) is 4.39 Å². The molecule has 0 spiro atoms. The summed E-state index contributed by atoms with van der Waals surface area (Å²) in [7, 11) is 0. The topological polar surface area (TPSA) is 97.7 Å². The van der Waals surface area contributed by atoms with Crippen molar-refractivity contribution in [3.05, 3.63) is 35.7 Å². The highest BCUT2D eigenvalue weighted by atomic mass is 19.1. The van der Waals surface area contributed by atoms with Crippen molar-refractivity contribution in [3.63, 3.8) is 0 Å². The van der Waals surface area contributed by atoms with Crippen molar-refractivity contribution in [2.24, 2.45) is 11.7 Å². The number of benzene rings is 1. The number of hydrogen-bond acceptors (Lipinski definition) is 7. The number of likely N-dealkylation sites (tertiary alicyclic amines) is 1. The SMILES string of the molecule is CC(C)c1noc(N2CCC(CCCOc3ccc(CC(N)C(=O)N4CCC(F)C4)cc3)CC2)n1. The van der Waals surface area contributed by atoms with Crippen LogP contribution in [0.4, 0.5) is 10.4 Å². The Hall–Kier alpha value is -2.68. The lowest BCUT2D eigenvalue weighted by atomic mass is 9.92. The Morgan fingerprint density at radius 1 is 1.20 bits per heavy atom. The Morgan fingerprint density at radius 3 is 2.57 bits per heavy atom. The number of carbonyl (C=O) groups excluding carboxylic acids is 1. The zero-order valence-corrected chi connectivity index (χ0v) is 20.9. The second kappa shape index (κ2) is 11.8. The number of halogens is 1. The molecule has 0 bridgehead atoms. The van der Waals surface area contributed by atoms with Gasteiger partial charge in [-0.15, -0.1) is 0 Å². The van der Waals surface area contributed by atoms with Crippen molar-refractivity contribution < 1.29 is 18.4 Å². The van der Waals surface area contributed by atoms with Gasteiger partial charge in [0.05, 0.1) is 19.2 Å². The summed E-state index contributed by atoms with van der Waals surface area (Å²) in [6.45, 7) is 7.32. The maximum Gasteiger partial charge on any atom is 0.324 e. The normalized spacial score (nSPS) is 20.0. The number of aromatic nitrogens is 2. The lowest BCUT2D eigenvalue weighted by molar-refractivity contribution is -0.131. The van der Waals surface area contributed by atoms with Crippen LogP contribution in [-0.2, 0) is 11.2 Å². The summed E-state index contributed by atoms with van der Waals surface area (Å²) in [5.74, 6) is 2.37. The van der Waals surface area contributed by atoms with E-state index in [0.29, 0.717) is 37.9 Å². The molecule has 0 aliphatic carbocycles. The van der Waals surface area contributed by atoms with Crippen molar-refractivity contribution >= 4 is 11.9 Å². The summed E-state index contributed by atoms with van der Waals surface area (Å²) in [5, 5.41) is 4.07. The third-order valence-corrected chi connectivity index (χ3v) is 7.00. The molecule has 4 rings (SSSR count). The zero-order valence-electron chi connectivity index (χ0n) is 20.9. The van der Waals surface area contributed by atoms with Crippen LogP contribution in [0.3, 0.4) is 0 Å². The highest BCUT2D eigenvalue weighted by molar-refractivity contribution is 5.82. The summed E-state index contributed by atoms with van der Waals surface area (Å²) in [4.78, 5) is 20.6. The smallest absolute Gasteiger partial charge is 0.324 e. The molecule has 0 radical (unpaired) electrons. The maximum atomic E-state index is 13.3. The molecule has 1 aromatic carbocycles. The van der Waals surface area contributed by atoms with Gasteiger partial charge in [0.15, 0.2) is 5.82 Å². The van der Waals surface area contributed by atoms with Crippen molar-refractivity contribution in [1.29, 1.82) is 0 Å². The van der Waals surface area contributed by atoms with Gasteiger partial charge in [0.2, 0.25) is 5.91 Å². The van der Waals surface area contributed by atoms with Gasteiger partial charge in [-0.05, 0) is 62.1 Å². The van der Waals surface area contributed by atoms with Crippen LogP contribution in [0.5, 0.6) is 5.75 Å². The summed E-state index contributed by atoms with van der Waals surface area (Å²) in [5.41, 5.74) is 7.05. The quantitative estimate of drug-likeness (QED) is 0.510. The van der Waals surface area contributed by atoms with Gasteiger partial charge < -0.3 is 24.8 Å². The molecule has 3 heterocycles. The minimum absolute atomic E-state index is 0.163. The van der Waals surface area contributed by atoms with Crippen LogP contribution in [0.15, 0.2) is 28.8 Å². The molecule has 2 aliphatic heterocycles. The number of piperidine rings is 1. The van der Waals surface area contributed by atoms with Crippen LogP contribution in [-0.4, -0.2) is 65.9 Å². The molecular formula is C26H38FN5O3. The Morgan fingerprint density at radius 2 is 1.94 bits per heavy atom. The molecule has 2 N–H and O–H groups in total. The molecule has 2 fully saturated rings. The predicted molar refractivity (Wildman–Crippen MR) is 132 cm³/mol. The van der Waals surface area contributed by atoms with E-state index in [4.69, 9.17) is 15.0 Å². The van der Waals surface area contributed by atoms with E-state index in [-0.39, 0.29) is 18.4 Å². The first kappa shape index (κ1) is 25.4. The zero-order chi connectivity index (χ0) is 24.8. The van der Waals surface area contributed by atoms with Gasteiger partial charge >= 0.3 is 6.01 Å². The number of anilines is 1. The summed E-state index contributed by atoms with van der Waals surface area (Å²) in [6.07, 6.45) is 4.31. The number of amides is 1. The molecule has 35 heavy (non-hydrogen) atoms. The van der Waals surface area contributed by atoms with E-state index in [9.17, 15) is 9.18 Å². The fourth-order valence-electron chi connectivity index (χ4n) is 4.78. The monoisotopic (exact) mass is 487 g/mol. The summed E-state index contributed by atoms with van der Waals surface area (Å²) in [6, 6.07) is 7.75. The number of carbonyl (C=O) groups is 1. The minimum Gasteiger partial charge on any atom is -0.494 e. The van der Waals surface area contributed by atoms with Crippen LogP contribution >= 0.6 is 0 Å². The van der Waals surface area contributed by atoms with E-state index in [2.05, 4.69) is 28.9 Å². The van der Waals surface area contributed by atoms with Crippen molar-refractivity contribution in [1.82, 2.24) is 15.0 Å². The number of nitrogens with two attached hydrogens (primary N) is 1. The highest BCUT2D eigenvalue weighted by Crippen LogP contribution is 2.26. The van der Waals surface area contributed by atoms with Crippen molar-refractivity contribution in [3.8, 4) is 5.75 Å². The van der Waals surface area contributed by atoms with Crippen LogP contribution in [0.2, 0.25) is 0 Å². The average molecular weight is 488 g/mol. The highest BCUT2D eigenvalue weighted by Gasteiger charge is 2.29. The third kappa shape index (κ3) is 6.93.